The van der Waals surface area contributed by atoms with Crippen LogP contribution in [0.2, 0.25) is 0 Å². The van der Waals surface area contributed by atoms with Crippen molar-refractivity contribution in [1.82, 2.24) is 0 Å². The van der Waals surface area contributed by atoms with Gasteiger partial charge in [-0.15, -0.1) is 0 Å². The summed E-state index contributed by atoms with van der Waals surface area (Å²) in [5, 5.41) is 7.49. The van der Waals surface area contributed by atoms with Crippen molar-refractivity contribution in [3.05, 3.63) is 229 Å². The highest BCUT2D eigenvalue weighted by Crippen LogP contribution is 2.54. The second kappa shape index (κ2) is 18.4. The second-order valence-corrected chi connectivity index (χ2v) is 21.7. The number of hydrogen-bond donors (Lipinski definition) is 0. The molecule has 0 radical (unpaired) electrons. The first kappa shape index (κ1) is 47.6. The molecule has 1 aliphatic rings. The number of benzene rings is 10. The zero-order chi connectivity index (χ0) is 51.1. The van der Waals surface area contributed by atoms with Gasteiger partial charge in [-0.05, 0) is 209 Å². The number of nitrogens with zero attached hydrogens (tertiary/aromatic N) is 2. The normalized spacial score (nSPS) is 12.3. The predicted molar refractivity (Wildman–Crippen MR) is 318 cm³/mol. The lowest BCUT2D eigenvalue weighted by Crippen LogP contribution is -2.19. The molecule has 0 atom stereocenters. The standard InChI is InChI=1S/C71H68N2/c1-41-30-46(6)66(47(7)31-41)72(67-48(8)32-42(2)33-49(67)9)70-60-26-18-14-22-56(60)64(57-23-15-19-27-61(57)70)54-38-45(5)39-55(40-54)65-58-24-16-20-28-62(58)71(63-29-21-17-25-59(63)65)73(68-50(10)34-43(3)35-51(68)11)69-52(12)36-44(4)37-53(69)13/h14-20,22-28,30-40H,21,29H2,1-13H3. The van der Waals surface area contributed by atoms with Gasteiger partial charge in [0.25, 0.3) is 0 Å². The van der Waals surface area contributed by atoms with Crippen LogP contribution in [-0.4, -0.2) is 0 Å². The molecule has 0 heterocycles. The lowest BCUT2D eigenvalue weighted by molar-refractivity contribution is 0.981. The summed E-state index contributed by atoms with van der Waals surface area (Å²) in [5.74, 6) is 0. The van der Waals surface area contributed by atoms with Gasteiger partial charge in [-0.2, -0.15) is 0 Å². The van der Waals surface area contributed by atoms with Gasteiger partial charge < -0.3 is 9.80 Å². The van der Waals surface area contributed by atoms with Crippen LogP contribution in [0.1, 0.15) is 89.9 Å². The summed E-state index contributed by atoms with van der Waals surface area (Å²) in [7, 11) is 0. The van der Waals surface area contributed by atoms with Crippen LogP contribution in [0.5, 0.6) is 0 Å². The highest BCUT2D eigenvalue weighted by Gasteiger charge is 2.31. The molecule has 10 aromatic carbocycles. The first-order valence-corrected chi connectivity index (χ1v) is 26.3. The van der Waals surface area contributed by atoms with Crippen molar-refractivity contribution >= 4 is 72.5 Å². The van der Waals surface area contributed by atoms with Crippen molar-refractivity contribution in [2.45, 2.75) is 103 Å². The van der Waals surface area contributed by atoms with Crippen LogP contribution < -0.4 is 9.80 Å². The molecule has 362 valence electrons. The number of rotatable bonds is 8. The van der Waals surface area contributed by atoms with E-state index in [1.54, 1.807) is 0 Å². The fourth-order valence-electron chi connectivity index (χ4n) is 13.4. The molecular formula is C71H68N2. The first-order chi connectivity index (χ1) is 35.1. The molecule has 1 aliphatic carbocycles. The highest BCUT2D eigenvalue weighted by molar-refractivity contribution is 6.23. The van der Waals surface area contributed by atoms with Crippen LogP contribution in [0.15, 0.2) is 146 Å². The van der Waals surface area contributed by atoms with E-state index in [9.17, 15) is 0 Å². The smallest absolute Gasteiger partial charge is 0.0619 e. The number of hydrogen-bond acceptors (Lipinski definition) is 2. The molecule has 0 N–H and O–H groups in total. The topological polar surface area (TPSA) is 6.48 Å². The van der Waals surface area contributed by atoms with Gasteiger partial charge in [0.1, 0.15) is 0 Å². The third-order valence-corrected chi connectivity index (χ3v) is 15.6. The van der Waals surface area contributed by atoms with Crippen LogP contribution in [-0.2, 0) is 6.42 Å². The molecule has 0 aromatic heterocycles. The Labute approximate surface area is 434 Å². The minimum atomic E-state index is 0.954. The Kier molecular flexibility index (Phi) is 12.0. The van der Waals surface area contributed by atoms with Crippen LogP contribution in [0.3, 0.4) is 0 Å². The highest BCUT2D eigenvalue weighted by atomic mass is 15.2. The van der Waals surface area contributed by atoms with Gasteiger partial charge in [0.15, 0.2) is 0 Å². The van der Waals surface area contributed by atoms with Gasteiger partial charge >= 0.3 is 0 Å². The number of fused-ring (bicyclic) bond motifs is 4. The molecule has 0 bridgehead atoms. The zero-order valence-corrected chi connectivity index (χ0v) is 45.2. The van der Waals surface area contributed by atoms with Gasteiger partial charge in [-0.3, -0.25) is 0 Å². The molecular weight excluding hydrogens is 881 g/mol. The maximum absolute atomic E-state index is 2.66. The maximum atomic E-state index is 2.66. The lowest BCUT2D eigenvalue weighted by atomic mass is 9.81. The minimum absolute atomic E-state index is 0.954. The van der Waals surface area contributed by atoms with Crippen molar-refractivity contribution in [2.24, 2.45) is 0 Å². The van der Waals surface area contributed by atoms with E-state index in [1.807, 2.05) is 0 Å². The second-order valence-electron chi connectivity index (χ2n) is 21.7. The maximum Gasteiger partial charge on any atom is 0.0619 e. The van der Waals surface area contributed by atoms with Crippen LogP contribution in [0, 0.1) is 90.0 Å². The SMILES string of the molecule is Cc1cc(-c2c3c(c(N(c4c(C)cc(C)cc4C)c4c(C)cc(C)cc4C)c4ccccc24)CCC=C3)cc(-c2c3ccccc3c(N(c3c(C)cc(C)cc3C)c3c(C)cc(C)cc3C)c3ccccc23)c1. The summed E-state index contributed by atoms with van der Waals surface area (Å²) in [6.07, 6.45) is 6.78. The molecule has 11 rings (SSSR count). The van der Waals surface area contributed by atoms with Crippen molar-refractivity contribution in [2.75, 3.05) is 9.80 Å². The third kappa shape index (κ3) is 8.04. The average Bonchev–Trinajstić information content (AvgIpc) is 3.32. The largest absolute Gasteiger partial charge is 0.309 e. The molecule has 0 amide bonds. The van der Waals surface area contributed by atoms with Crippen molar-refractivity contribution < 1.29 is 0 Å². The summed E-state index contributed by atoms with van der Waals surface area (Å²) in [4.78, 5) is 5.27. The number of aryl methyl sites for hydroxylation is 13. The van der Waals surface area contributed by atoms with E-state index < -0.39 is 0 Å². The Morgan fingerprint density at radius 2 is 0.603 bits per heavy atom. The Morgan fingerprint density at radius 3 is 0.986 bits per heavy atom. The molecule has 0 aliphatic heterocycles. The Bertz CT molecular complexity index is 3690. The summed E-state index contributed by atoms with van der Waals surface area (Å²) in [5.41, 5.74) is 31.9. The van der Waals surface area contributed by atoms with Crippen LogP contribution >= 0.6 is 0 Å². The number of allylic oxidation sites excluding steroid dienone is 1. The Balaban J connectivity index is 1.21. The third-order valence-electron chi connectivity index (χ3n) is 15.6. The van der Waals surface area contributed by atoms with Gasteiger partial charge in [0.05, 0.1) is 34.1 Å². The summed E-state index contributed by atoms with van der Waals surface area (Å²) in [6.45, 7) is 29.5. The molecule has 10 aromatic rings. The van der Waals surface area contributed by atoms with E-state index in [0.29, 0.717) is 0 Å². The van der Waals surface area contributed by atoms with E-state index in [4.69, 9.17) is 0 Å². The molecule has 0 saturated heterocycles. The molecule has 0 unspecified atom stereocenters. The fraction of sp³-hybridized carbons (Fsp3) is 0.211. The molecule has 0 saturated carbocycles. The van der Waals surface area contributed by atoms with Crippen LogP contribution in [0.25, 0.3) is 60.6 Å². The fourth-order valence-corrected chi connectivity index (χ4v) is 13.4. The van der Waals surface area contributed by atoms with E-state index in [0.717, 1.165) is 12.8 Å². The molecule has 0 fully saturated rings. The van der Waals surface area contributed by atoms with Crippen LogP contribution in [0.4, 0.5) is 34.1 Å². The quantitative estimate of drug-likeness (QED) is 0.140. The lowest BCUT2D eigenvalue weighted by Gasteiger charge is -2.36. The summed E-state index contributed by atoms with van der Waals surface area (Å²) in [6, 6.07) is 53.7. The summed E-state index contributed by atoms with van der Waals surface area (Å²) < 4.78 is 0. The van der Waals surface area contributed by atoms with Gasteiger partial charge in [0, 0.05) is 16.2 Å². The molecule has 2 heteroatoms. The van der Waals surface area contributed by atoms with E-state index in [-0.39, 0.29) is 0 Å². The monoisotopic (exact) mass is 949 g/mol. The number of anilines is 6. The average molecular weight is 949 g/mol. The Hall–Kier alpha value is -7.68. The van der Waals surface area contributed by atoms with Gasteiger partial charge in [-0.25, -0.2) is 0 Å². The van der Waals surface area contributed by atoms with E-state index in [1.165, 1.54) is 172 Å². The molecule has 73 heavy (non-hydrogen) atoms. The molecule has 2 nitrogen and oxygen atoms in total. The first-order valence-electron chi connectivity index (χ1n) is 26.3. The Morgan fingerprint density at radius 1 is 0.301 bits per heavy atom. The van der Waals surface area contributed by atoms with Crippen molar-refractivity contribution in [3.8, 4) is 22.3 Å². The van der Waals surface area contributed by atoms with Gasteiger partial charge in [0.2, 0.25) is 0 Å². The predicted octanol–water partition coefficient (Wildman–Crippen LogP) is 20.4. The molecule has 0 spiro atoms. The summed E-state index contributed by atoms with van der Waals surface area (Å²) >= 11 is 0. The van der Waals surface area contributed by atoms with Crippen molar-refractivity contribution in [3.63, 3.8) is 0 Å². The van der Waals surface area contributed by atoms with E-state index in [2.05, 4.69) is 251 Å². The zero-order valence-electron chi connectivity index (χ0n) is 45.2. The van der Waals surface area contributed by atoms with E-state index >= 15 is 0 Å². The van der Waals surface area contributed by atoms with Gasteiger partial charge in [-0.1, -0.05) is 168 Å². The van der Waals surface area contributed by atoms with Crippen molar-refractivity contribution in [1.29, 1.82) is 0 Å². The minimum Gasteiger partial charge on any atom is -0.309 e.